The van der Waals surface area contributed by atoms with Crippen molar-refractivity contribution in [2.24, 2.45) is 0 Å². The summed E-state index contributed by atoms with van der Waals surface area (Å²) in [5.74, 6) is 0. The van der Waals surface area contributed by atoms with Gasteiger partial charge in [-0.05, 0) is 37.5 Å². The third-order valence-corrected chi connectivity index (χ3v) is 5.16. The maximum absolute atomic E-state index is 12.5. The first kappa shape index (κ1) is 13.1. The fourth-order valence-corrected chi connectivity index (χ4v) is 4.26. The molecule has 0 spiro atoms. The van der Waals surface area contributed by atoms with E-state index in [1.807, 2.05) is 13.0 Å². The van der Waals surface area contributed by atoms with E-state index in [4.69, 9.17) is 0 Å². The van der Waals surface area contributed by atoms with Crippen LogP contribution in [0.3, 0.4) is 0 Å². The molecular formula is C12H16BrNO2S. The van der Waals surface area contributed by atoms with Crippen molar-refractivity contribution < 1.29 is 8.42 Å². The van der Waals surface area contributed by atoms with Crippen molar-refractivity contribution in [3.05, 3.63) is 29.8 Å². The second-order valence-electron chi connectivity index (χ2n) is 4.35. The fraction of sp³-hybridized carbons (Fsp3) is 0.500. The molecule has 0 unspecified atom stereocenters. The molecule has 0 heterocycles. The molecule has 0 atom stereocenters. The Bertz CT molecular complexity index is 497. The number of halogens is 1. The number of nitrogens with zero attached hydrogens (tertiary/aromatic N) is 1. The molecule has 0 amide bonds. The van der Waals surface area contributed by atoms with Crippen molar-refractivity contribution in [3.8, 4) is 0 Å². The highest BCUT2D eigenvalue weighted by Gasteiger charge is 2.37. The Kier molecular flexibility index (Phi) is 3.90. The van der Waals surface area contributed by atoms with Gasteiger partial charge in [0.2, 0.25) is 10.0 Å². The van der Waals surface area contributed by atoms with Gasteiger partial charge in [-0.3, -0.25) is 0 Å². The Balaban J connectivity index is 2.33. The lowest BCUT2D eigenvalue weighted by molar-refractivity contribution is 0.424. The van der Waals surface area contributed by atoms with Gasteiger partial charge < -0.3 is 0 Å². The van der Waals surface area contributed by atoms with Crippen molar-refractivity contribution >= 4 is 26.0 Å². The van der Waals surface area contributed by atoms with Crippen LogP contribution >= 0.6 is 15.9 Å². The maximum Gasteiger partial charge on any atom is 0.243 e. The normalized spacial score (nSPS) is 16.4. The van der Waals surface area contributed by atoms with Gasteiger partial charge in [0.1, 0.15) is 0 Å². The Morgan fingerprint density at radius 1 is 1.41 bits per heavy atom. The highest BCUT2D eigenvalue weighted by molar-refractivity contribution is 9.09. The standard InChI is InChI=1S/C12H16BrNO2S/c1-10-3-2-4-12(9-10)17(15,16)14(8-7-13)11-5-6-11/h2-4,9,11H,5-8H2,1H3. The molecule has 1 aromatic carbocycles. The van der Waals surface area contributed by atoms with Crippen LogP contribution in [0.15, 0.2) is 29.2 Å². The molecular weight excluding hydrogens is 302 g/mol. The van der Waals surface area contributed by atoms with Gasteiger partial charge in [0, 0.05) is 17.9 Å². The lowest BCUT2D eigenvalue weighted by atomic mass is 10.2. The molecule has 0 aromatic heterocycles. The van der Waals surface area contributed by atoms with E-state index in [1.165, 1.54) is 0 Å². The van der Waals surface area contributed by atoms with Crippen LogP contribution in [0.4, 0.5) is 0 Å². The third-order valence-electron chi connectivity index (χ3n) is 2.86. The maximum atomic E-state index is 12.5. The smallest absolute Gasteiger partial charge is 0.207 e. The van der Waals surface area contributed by atoms with Crippen LogP contribution in [0.5, 0.6) is 0 Å². The summed E-state index contributed by atoms with van der Waals surface area (Å²) in [6, 6.07) is 7.31. The van der Waals surface area contributed by atoms with Gasteiger partial charge in [0.05, 0.1) is 4.90 Å². The van der Waals surface area contributed by atoms with Crippen LogP contribution in [-0.2, 0) is 10.0 Å². The van der Waals surface area contributed by atoms with E-state index < -0.39 is 10.0 Å². The van der Waals surface area contributed by atoms with Crippen LogP contribution in [0.1, 0.15) is 18.4 Å². The SMILES string of the molecule is Cc1cccc(S(=O)(=O)N(CCBr)C2CC2)c1. The first-order chi connectivity index (χ1) is 8.05. The van der Waals surface area contributed by atoms with Gasteiger partial charge in [0.15, 0.2) is 0 Å². The summed E-state index contributed by atoms with van der Waals surface area (Å²) in [4.78, 5) is 0.408. The minimum Gasteiger partial charge on any atom is -0.207 e. The van der Waals surface area contributed by atoms with Crippen LogP contribution in [0, 0.1) is 6.92 Å². The first-order valence-electron chi connectivity index (χ1n) is 5.70. The van der Waals surface area contributed by atoms with Crippen molar-refractivity contribution in [2.75, 3.05) is 11.9 Å². The molecule has 1 aliphatic carbocycles. The van der Waals surface area contributed by atoms with E-state index in [-0.39, 0.29) is 6.04 Å². The summed E-state index contributed by atoms with van der Waals surface area (Å²) in [6.07, 6.45) is 1.97. The van der Waals surface area contributed by atoms with Crippen molar-refractivity contribution in [2.45, 2.75) is 30.7 Å². The Hall–Kier alpha value is -0.390. The highest BCUT2D eigenvalue weighted by Crippen LogP contribution is 2.32. The van der Waals surface area contributed by atoms with Crippen LogP contribution in [0.25, 0.3) is 0 Å². The number of aryl methyl sites for hydroxylation is 1. The van der Waals surface area contributed by atoms with Gasteiger partial charge in [-0.2, -0.15) is 4.31 Å². The molecule has 0 bridgehead atoms. The molecule has 0 saturated heterocycles. The Labute approximate surface area is 111 Å². The summed E-state index contributed by atoms with van der Waals surface area (Å²) in [5, 5.41) is 0.675. The molecule has 5 heteroatoms. The van der Waals surface area contributed by atoms with Crippen LogP contribution < -0.4 is 0 Å². The van der Waals surface area contributed by atoms with Gasteiger partial charge >= 0.3 is 0 Å². The fourth-order valence-electron chi connectivity index (χ4n) is 1.86. The van der Waals surface area contributed by atoms with E-state index in [0.717, 1.165) is 18.4 Å². The zero-order valence-electron chi connectivity index (χ0n) is 9.77. The molecule has 2 rings (SSSR count). The van der Waals surface area contributed by atoms with E-state index >= 15 is 0 Å². The second kappa shape index (κ2) is 5.08. The predicted octanol–water partition coefficient (Wildman–Crippen LogP) is 2.54. The molecule has 1 fully saturated rings. The van der Waals surface area contributed by atoms with Gasteiger partial charge in [-0.1, -0.05) is 28.1 Å². The van der Waals surface area contributed by atoms with Gasteiger partial charge in [-0.15, -0.1) is 0 Å². The predicted molar refractivity (Wildman–Crippen MR) is 71.9 cm³/mol. The molecule has 17 heavy (non-hydrogen) atoms. The molecule has 94 valence electrons. The highest BCUT2D eigenvalue weighted by atomic mass is 79.9. The molecule has 1 aliphatic rings. The number of rotatable bonds is 5. The number of hydrogen-bond acceptors (Lipinski definition) is 2. The average molecular weight is 318 g/mol. The number of hydrogen-bond donors (Lipinski definition) is 0. The van der Waals surface area contributed by atoms with Gasteiger partial charge in [-0.25, -0.2) is 8.42 Å². The van der Waals surface area contributed by atoms with E-state index in [2.05, 4.69) is 15.9 Å². The summed E-state index contributed by atoms with van der Waals surface area (Å²) >= 11 is 3.32. The van der Waals surface area contributed by atoms with E-state index in [9.17, 15) is 8.42 Å². The monoisotopic (exact) mass is 317 g/mol. The van der Waals surface area contributed by atoms with Crippen molar-refractivity contribution in [3.63, 3.8) is 0 Å². The van der Waals surface area contributed by atoms with E-state index in [0.29, 0.717) is 16.8 Å². The minimum absolute atomic E-state index is 0.207. The third kappa shape index (κ3) is 2.89. The first-order valence-corrected chi connectivity index (χ1v) is 8.26. The number of alkyl halides is 1. The summed E-state index contributed by atoms with van der Waals surface area (Å²) in [7, 11) is -3.32. The second-order valence-corrected chi connectivity index (χ2v) is 7.04. The van der Waals surface area contributed by atoms with Gasteiger partial charge in [0.25, 0.3) is 0 Å². The molecule has 0 N–H and O–H groups in total. The summed E-state index contributed by atoms with van der Waals surface area (Å²) in [5.41, 5.74) is 0.973. The Morgan fingerprint density at radius 3 is 2.65 bits per heavy atom. The lowest BCUT2D eigenvalue weighted by Gasteiger charge is -2.21. The zero-order chi connectivity index (χ0) is 12.5. The zero-order valence-corrected chi connectivity index (χ0v) is 12.2. The quantitative estimate of drug-likeness (QED) is 0.783. The summed E-state index contributed by atoms with van der Waals surface area (Å²) < 4.78 is 26.5. The van der Waals surface area contributed by atoms with E-state index in [1.54, 1.807) is 22.5 Å². The molecule has 3 nitrogen and oxygen atoms in total. The largest absolute Gasteiger partial charge is 0.243 e. The number of benzene rings is 1. The molecule has 0 radical (unpaired) electrons. The minimum atomic E-state index is -3.32. The van der Waals surface area contributed by atoms with Crippen molar-refractivity contribution in [1.82, 2.24) is 4.31 Å². The Morgan fingerprint density at radius 2 is 2.12 bits per heavy atom. The number of sulfonamides is 1. The average Bonchev–Trinajstić information content (AvgIpc) is 3.09. The topological polar surface area (TPSA) is 37.4 Å². The van der Waals surface area contributed by atoms with Crippen LogP contribution in [0.2, 0.25) is 0 Å². The molecule has 1 saturated carbocycles. The lowest BCUT2D eigenvalue weighted by Crippen LogP contribution is -2.34. The van der Waals surface area contributed by atoms with Crippen molar-refractivity contribution in [1.29, 1.82) is 0 Å². The molecule has 0 aliphatic heterocycles. The van der Waals surface area contributed by atoms with Crippen LogP contribution in [-0.4, -0.2) is 30.6 Å². The molecule has 1 aromatic rings. The summed E-state index contributed by atoms with van der Waals surface area (Å²) in [6.45, 7) is 2.45.